The zero-order chi connectivity index (χ0) is 21.5. The van der Waals surface area contributed by atoms with E-state index in [1.807, 2.05) is 11.0 Å². The molecule has 2 fully saturated rings. The van der Waals surface area contributed by atoms with Crippen LogP contribution in [-0.4, -0.2) is 80.3 Å². The fourth-order valence-electron chi connectivity index (χ4n) is 4.72. The SMILES string of the molecule is CN=C(NCC(=O)N1CCc2ccccc2C1)N1CCC(OCC2CCCCO2)CC1. The van der Waals surface area contributed by atoms with Crippen molar-refractivity contribution in [3.8, 4) is 0 Å². The molecule has 1 atom stereocenters. The highest BCUT2D eigenvalue weighted by atomic mass is 16.5. The largest absolute Gasteiger partial charge is 0.376 e. The lowest BCUT2D eigenvalue weighted by atomic mass is 10.00. The van der Waals surface area contributed by atoms with E-state index >= 15 is 0 Å². The first-order chi connectivity index (χ1) is 15.2. The number of piperidine rings is 1. The van der Waals surface area contributed by atoms with Crippen LogP contribution >= 0.6 is 0 Å². The molecule has 4 rings (SSSR count). The Bertz CT molecular complexity index is 755. The molecule has 1 aromatic carbocycles. The predicted octanol–water partition coefficient (Wildman–Crippen LogP) is 2.20. The molecule has 31 heavy (non-hydrogen) atoms. The number of nitrogens with zero attached hydrogens (tertiary/aromatic N) is 3. The first-order valence-electron chi connectivity index (χ1n) is 11.8. The minimum Gasteiger partial charge on any atom is -0.376 e. The summed E-state index contributed by atoms with van der Waals surface area (Å²) < 4.78 is 11.9. The normalized spacial score (nSPS) is 22.9. The van der Waals surface area contributed by atoms with E-state index in [9.17, 15) is 4.79 Å². The molecule has 1 amide bonds. The second-order valence-corrected chi connectivity index (χ2v) is 8.74. The van der Waals surface area contributed by atoms with E-state index in [-0.39, 0.29) is 24.7 Å². The molecule has 3 heterocycles. The molecule has 1 N–H and O–H groups in total. The van der Waals surface area contributed by atoms with Crippen molar-refractivity contribution in [3.05, 3.63) is 35.4 Å². The van der Waals surface area contributed by atoms with Gasteiger partial charge in [0.15, 0.2) is 5.96 Å². The standard InChI is InChI=1S/C24H36N4O3/c1-25-24(26-16-23(29)28-12-9-19-6-2-3-7-20(19)17-28)27-13-10-21(11-14-27)31-18-22-8-4-5-15-30-22/h2-3,6-7,21-22H,4-5,8-18H2,1H3,(H,25,26). The average molecular weight is 429 g/mol. The minimum atomic E-state index is 0.126. The lowest BCUT2D eigenvalue weighted by Gasteiger charge is -2.35. The van der Waals surface area contributed by atoms with Gasteiger partial charge in [-0.05, 0) is 49.7 Å². The molecule has 1 unspecified atom stereocenters. The molecule has 7 nitrogen and oxygen atoms in total. The third-order valence-electron chi connectivity index (χ3n) is 6.63. The average Bonchev–Trinajstić information content (AvgIpc) is 2.84. The number of hydrogen-bond donors (Lipinski definition) is 1. The first-order valence-corrected chi connectivity index (χ1v) is 11.8. The highest BCUT2D eigenvalue weighted by Crippen LogP contribution is 2.19. The van der Waals surface area contributed by atoms with Crippen LogP contribution in [0.1, 0.15) is 43.2 Å². The van der Waals surface area contributed by atoms with Gasteiger partial charge in [0.25, 0.3) is 0 Å². The summed E-state index contributed by atoms with van der Waals surface area (Å²) in [5.74, 6) is 0.932. The zero-order valence-corrected chi connectivity index (χ0v) is 18.7. The summed E-state index contributed by atoms with van der Waals surface area (Å²) in [4.78, 5) is 21.3. The molecule has 0 aromatic heterocycles. The molecule has 3 aliphatic heterocycles. The monoisotopic (exact) mass is 428 g/mol. The van der Waals surface area contributed by atoms with Gasteiger partial charge in [0, 0.05) is 39.8 Å². The Kier molecular flexibility index (Phi) is 7.81. The van der Waals surface area contributed by atoms with Gasteiger partial charge in [0.1, 0.15) is 0 Å². The molecule has 0 spiro atoms. The molecule has 170 valence electrons. The van der Waals surface area contributed by atoms with Crippen molar-refractivity contribution in [1.29, 1.82) is 0 Å². The number of carbonyl (C=O) groups excluding carboxylic acids is 1. The van der Waals surface area contributed by atoms with Crippen molar-refractivity contribution in [2.75, 3.05) is 46.4 Å². The smallest absolute Gasteiger partial charge is 0.242 e. The maximum atomic E-state index is 12.8. The summed E-state index contributed by atoms with van der Waals surface area (Å²) in [7, 11) is 1.78. The number of amides is 1. The topological polar surface area (TPSA) is 66.4 Å². The van der Waals surface area contributed by atoms with Crippen LogP contribution in [0.25, 0.3) is 0 Å². The van der Waals surface area contributed by atoms with Crippen molar-refractivity contribution in [3.63, 3.8) is 0 Å². The van der Waals surface area contributed by atoms with Gasteiger partial charge in [-0.1, -0.05) is 24.3 Å². The van der Waals surface area contributed by atoms with Crippen molar-refractivity contribution in [2.24, 2.45) is 4.99 Å². The van der Waals surface area contributed by atoms with E-state index in [1.165, 1.54) is 24.0 Å². The van der Waals surface area contributed by atoms with Crippen LogP contribution in [0.3, 0.4) is 0 Å². The summed E-state index contributed by atoms with van der Waals surface area (Å²) >= 11 is 0. The molecular formula is C24H36N4O3. The minimum absolute atomic E-state index is 0.126. The van der Waals surface area contributed by atoms with Gasteiger partial charge in [-0.15, -0.1) is 0 Å². The lowest BCUT2D eigenvalue weighted by Crippen LogP contribution is -2.50. The maximum Gasteiger partial charge on any atom is 0.242 e. The Hall–Kier alpha value is -2.12. The second-order valence-electron chi connectivity index (χ2n) is 8.74. The summed E-state index contributed by atoms with van der Waals surface area (Å²) in [6.45, 7) is 5.13. The number of rotatable bonds is 5. The van der Waals surface area contributed by atoms with Crippen LogP contribution in [0.4, 0.5) is 0 Å². The summed E-state index contributed by atoms with van der Waals surface area (Å²) in [6.07, 6.45) is 6.98. The third-order valence-corrected chi connectivity index (χ3v) is 6.63. The van der Waals surface area contributed by atoms with E-state index < -0.39 is 0 Å². The quantitative estimate of drug-likeness (QED) is 0.575. The number of likely N-dealkylation sites (tertiary alicyclic amines) is 1. The molecule has 0 bridgehead atoms. The molecular weight excluding hydrogens is 392 g/mol. The Morgan fingerprint density at radius 1 is 1.13 bits per heavy atom. The predicted molar refractivity (Wildman–Crippen MR) is 121 cm³/mol. The van der Waals surface area contributed by atoms with Crippen LogP contribution in [0.2, 0.25) is 0 Å². The summed E-state index contributed by atoms with van der Waals surface area (Å²) in [5, 5.41) is 3.28. The van der Waals surface area contributed by atoms with Gasteiger partial charge in [0.05, 0.1) is 25.4 Å². The Balaban J connectivity index is 1.18. The van der Waals surface area contributed by atoms with Crippen LogP contribution in [0, 0.1) is 0 Å². The molecule has 3 aliphatic rings. The van der Waals surface area contributed by atoms with E-state index in [0.717, 1.165) is 57.9 Å². The van der Waals surface area contributed by atoms with Crippen LogP contribution < -0.4 is 5.32 Å². The van der Waals surface area contributed by atoms with Gasteiger partial charge in [0.2, 0.25) is 5.91 Å². The Labute approximate surface area is 185 Å². The molecule has 0 saturated carbocycles. The number of hydrogen-bond acceptors (Lipinski definition) is 4. The zero-order valence-electron chi connectivity index (χ0n) is 18.7. The molecule has 0 aliphatic carbocycles. The van der Waals surface area contributed by atoms with Crippen LogP contribution in [0.15, 0.2) is 29.3 Å². The van der Waals surface area contributed by atoms with Gasteiger partial charge in [-0.2, -0.15) is 0 Å². The number of benzene rings is 1. The number of nitrogens with one attached hydrogen (secondary N) is 1. The van der Waals surface area contributed by atoms with Crippen molar-refractivity contribution >= 4 is 11.9 Å². The van der Waals surface area contributed by atoms with E-state index in [2.05, 4.69) is 33.4 Å². The van der Waals surface area contributed by atoms with Crippen molar-refractivity contribution < 1.29 is 14.3 Å². The number of ether oxygens (including phenoxy) is 2. The molecule has 7 heteroatoms. The molecule has 2 saturated heterocycles. The van der Waals surface area contributed by atoms with Crippen LogP contribution in [-0.2, 0) is 27.2 Å². The maximum absolute atomic E-state index is 12.8. The third kappa shape index (κ3) is 5.98. The van der Waals surface area contributed by atoms with Crippen LogP contribution in [0.5, 0.6) is 0 Å². The number of aliphatic imine (C=N–C) groups is 1. The van der Waals surface area contributed by atoms with E-state index in [4.69, 9.17) is 9.47 Å². The fraction of sp³-hybridized carbons (Fsp3) is 0.667. The Morgan fingerprint density at radius 3 is 2.68 bits per heavy atom. The van der Waals surface area contributed by atoms with Crippen molar-refractivity contribution in [2.45, 2.75) is 57.3 Å². The number of fused-ring (bicyclic) bond motifs is 1. The first kappa shape index (κ1) is 22.1. The number of guanidine groups is 1. The van der Waals surface area contributed by atoms with Gasteiger partial charge < -0.3 is 24.6 Å². The van der Waals surface area contributed by atoms with Gasteiger partial charge in [-0.25, -0.2) is 0 Å². The van der Waals surface area contributed by atoms with Gasteiger partial charge in [-0.3, -0.25) is 9.79 Å². The molecule has 1 aromatic rings. The fourth-order valence-corrected chi connectivity index (χ4v) is 4.72. The molecule has 0 radical (unpaired) electrons. The highest BCUT2D eigenvalue weighted by molar-refractivity contribution is 5.86. The second kappa shape index (κ2) is 11.0. The Morgan fingerprint density at radius 2 is 1.94 bits per heavy atom. The van der Waals surface area contributed by atoms with E-state index in [0.29, 0.717) is 13.2 Å². The van der Waals surface area contributed by atoms with E-state index in [1.54, 1.807) is 7.05 Å². The van der Waals surface area contributed by atoms with Crippen molar-refractivity contribution in [1.82, 2.24) is 15.1 Å². The summed E-state index contributed by atoms with van der Waals surface area (Å²) in [6, 6.07) is 8.39. The summed E-state index contributed by atoms with van der Waals surface area (Å²) in [5.41, 5.74) is 2.61. The lowest BCUT2D eigenvalue weighted by molar-refractivity contribution is -0.130. The number of carbonyl (C=O) groups is 1. The highest BCUT2D eigenvalue weighted by Gasteiger charge is 2.25. The van der Waals surface area contributed by atoms with Gasteiger partial charge >= 0.3 is 0 Å².